The molecule has 0 radical (unpaired) electrons. The summed E-state index contributed by atoms with van der Waals surface area (Å²) in [4.78, 5) is 36.0. The van der Waals surface area contributed by atoms with Crippen LogP contribution in [0.4, 0.5) is 0 Å². The topological polar surface area (TPSA) is 181 Å². The molecule has 0 aliphatic carbocycles. The van der Waals surface area contributed by atoms with Gasteiger partial charge in [-0.3, -0.25) is 9.59 Å². The Morgan fingerprint density at radius 2 is 1.97 bits per heavy atom. The summed E-state index contributed by atoms with van der Waals surface area (Å²) in [5.41, 5.74) is 11.2. The lowest BCUT2D eigenvalue weighted by Crippen LogP contribution is -2.49. The molecular formula is C19H27N5O5. The van der Waals surface area contributed by atoms with Crippen molar-refractivity contribution in [3.05, 3.63) is 41.1 Å². The van der Waals surface area contributed by atoms with Gasteiger partial charge in [-0.1, -0.05) is 6.07 Å². The molecule has 2 amide bonds. The minimum Gasteiger partial charge on any atom is -0.494 e. The van der Waals surface area contributed by atoms with Crippen molar-refractivity contribution in [3.63, 3.8) is 0 Å². The van der Waals surface area contributed by atoms with Crippen LogP contribution in [0.5, 0.6) is 5.75 Å². The van der Waals surface area contributed by atoms with Gasteiger partial charge < -0.3 is 37.4 Å². The maximum Gasteiger partial charge on any atom is 0.328 e. The molecule has 0 bridgehead atoms. The fourth-order valence-electron chi connectivity index (χ4n) is 2.37. The van der Waals surface area contributed by atoms with Crippen LogP contribution in [-0.4, -0.2) is 54.3 Å². The quantitative estimate of drug-likeness (QED) is 0.170. The fourth-order valence-corrected chi connectivity index (χ4v) is 2.37. The summed E-state index contributed by atoms with van der Waals surface area (Å²) in [5, 5.41) is 21.7. The van der Waals surface area contributed by atoms with Gasteiger partial charge in [0.2, 0.25) is 0 Å². The normalized spacial score (nSPS) is 12.4. The first-order valence-electron chi connectivity index (χ1n) is 8.94. The van der Waals surface area contributed by atoms with E-state index < -0.39 is 23.8 Å². The van der Waals surface area contributed by atoms with Gasteiger partial charge in [0.05, 0.1) is 12.2 Å². The molecule has 10 heteroatoms. The van der Waals surface area contributed by atoms with E-state index in [1.165, 1.54) is 19.9 Å². The van der Waals surface area contributed by atoms with Crippen LogP contribution in [0.2, 0.25) is 0 Å². The van der Waals surface area contributed by atoms with E-state index in [0.29, 0.717) is 25.3 Å². The third-order valence-corrected chi connectivity index (χ3v) is 3.78. The number of carboxylic acid groups (broad SMARTS) is 1. The highest BCUT2D eigenvalue weighted by atomic mass is 16.5. The van der Waals surface area contributed by atoms with E-state index in [9.17, 15) is 19.5 Å². The molecule has 0 fully saturated rings. The summed E-state index contributed by atoms with van der Waals surface area (Å²) in [6.45, 7) is 3.35. The Balaban J connectivity index is 2.77. The average Bonchev–Trinajstić information content (AvgIpc) is 2.64. The Labute approximate surface area is 168 Å². The summed E-state index contributed by atoms with van der Waals surface area (Å²) in [7, 11) is 0. The van der Waals surface area contributed by atoms with Crippen molar-refractivity contribution in [1.82, 2.24) is 10.6 Å². The molecule has 1 aromatic carbocycles. The van der Waals surface area contributed by atoms with E-state index in [1.54, 1.807) is 18.2 Å². The van der Waals surface area contributed by atoms with Gasteiger partial charge in [-0.15, -0.1) is 0 Å². The Morgan fingerprint density at radius 1 is 1.28 bits per heavy atom. The Kier molecular flexibility index (Phi) is 9.33. The van der Waals surface area contributed by atoms with Crippen LogP contribution in [-0.2, 0) is 9.59 Å². The third-order valence-electron chi connectivity index (χ3n) is 3.78. The molecule has 0 aliphatic heterocycles. The predicted molar refractivity (Wildman–Crippen MR) is 108 cm³/mol. The number of nitrogens with one attached hydrogen (secondary N) is 3. The second kappa shape index (κ2) is 11.4. The standard InChI is InChI=1S/C19H27N5O5/c1-11(21)16(12(2)22)18(26)24-15(19(27)28)10-23-17(25)13-5-3-6-14(9-13)29-8-4-7-20/h3,5-6,9,15,21H,4,7-8,10,20,22H2,1-2H3,(H,23,25)(H,24,26)(H,27,28)/b16-12+,21-11?/t15-/m0/s1. The van der Waals surface area contributed by atoms with Crippen molar-refractivity contribution in [2.24, 2.45) is 11.5 Å². The SMILES string of the molecule is CC(=N)/C(C(=O)N[C@@H](CNC(=O)c1cccc(OCCCN)c1)C(=O)O)=C(/C)N. The number of carbonyl (C=O) groups excluding carboxylic acids is 2. The van der Waals surface area contributed by atoms with E-state index in [0.717, 1.165) is 0 Å². The molecule has 0 aromatic heterocycles. The molecule has 0 unspecified atom stereocenters. The maximum atomic E-state index is 12.3. The van der Waals surface area contributed by atoms with Crippen molar-refractivity contribution >= 4 is 23.5 Å². The van der Waals surface area contributed by atoms with Gasteiger partial charge in [0, 0.05) is 23.5 Å². The molecule has 29 heavy (non-hydrogen) atoms. The van der Waals surface area contributed by atoms with Crippen LogP contribution in [0.15, 0.2) is 35.5 Å². The van der Waals surface area contributed by atoms with Crippen LogP contribution in [0.1, 0.15) is 30.6 Å². The monoisotopic (exact) mass is 405 g/mol. The molecule has 10 nitrogen and oxygen atoms in total. The molecule has 1 aromatic rings. The van der Waals surface area contributed by atoms with Crippen molar-refractivity contribution in [2.75, 3.05) is 19.7 Å². The van der Waals surface area contributed by atoms with Crippen LogP contribution in [0.25, 0.3) is 0 Å². The fraction of sp³-hybridized carbons (Fsp3) is 0.368. The second-order valence-electron chi connectivity index (χ2n) is 6.28. The van der Waals surface area contributed by atoms with Crippen molar-refractivity contribution in [1.29, 1.82) is 5.41 Å². The molecule has 0 saturated carbocycles. The first kappa shape index (κ1) is 23.6. The van der Waals surface area contributed by atoms with E-state index in [1.807, 2.05) is 0 Å². The van der Waals surface area contributed by atoms with E-state index in [2.05, 4.69) is 10.6 Å². The molecule has 158 valence electrons. The van der Waals surface area contributed by atoms with Gasteiger partial charge in [0.15, 0.2) is 0 Å². The largest absolute Gasteiger partial charge is 0.494 e. The molecule has 8 N–H and O–H groups in total. The number of aliphatic carboxylic acids is 1. The van der Waals surface area contributed by atoms with E-state index in [4.69, 9.17) is 21.6 Å². The second-order valence-corrected chi connectivity index (χ2v) is 6.28. The smallest absolute Gasteiger partial charge is 0.328 e. The zero-order valence-electron chi connectivity index (χ0n) is 16.5. The van der Waals surface area contributed by atoms with Crippen molar-refractivity contribution in [3.8, 4) is 5.75 Å². The number of hydrogen-bond donors (Lipinski definition) is 6. The molecule has 0 spiro atoms. The molecule has 0 aliphatic rings. The van der Waals surface area contributed by atoms with E-state index in [-0.39, 0.29) is 29.1 Å². The number of allylic oxidation sites excluding steroid dienone is 1. The Bertz CT molecular complexity index is 802. The Hall–Kier alpha value is -3.40. The summed E-state index contributed by atoms with van der Waals surface area (Å²) < 4.78 is 5.48. The lowest BCUT2D eigenvalue weighted by Gasteiger charge is -2.17. The first-order chi connectivity index (χ1) is 13.7. The molecule has 1 rings (SSSR count). The Morgan fingerprint density at radius 3 is 2.52 bits per heavy atom. The first-order valence-corrected chi connectivity index (χ1v) is 8.94. The minimum atomic E-state index is -1.40. The number of nitrogens with two attached hydrogens (primary N) is 2. The van der Waals surface area contributed by atoms with Gasteiger partial charge in [-0.05, 0) is 45.0 Å². The number of carbonyl (C=O) groups is 3. The van der Waals surface area contributed by atoms with Crippen LogP contribution in [0.3, 0.4) is 0 Å². The highest BCUT2D eigenvalue weighted by Gasteiger charge is 2.24. The number of amides is 2. The highest BCUT2D eigenvalue weighted by molar-refractivity contribution is 6.20. The van der Waals surface area contributed by atoms with Crippen LogP contribution in [0, 0.1) is 5.41 Å². The van der Waals surface area contributed by atoms with Gasteiger partial charge in [-0.25, -0.2) is 4.79 Å². The third kappa shape index (κ3) is 7.62. The highest BCUT2D eigenvalue weighted by Crippen LogP contribution is 2.13. The number of hydrogen-bond acceptors (Lipinski definition) is 7. The maximum absolute atomic E-state index is 12.3. The summed E-state index contributed by atoms with van der Waals surface area (Å²) in [6.07, 6.45) is 0.671. The van der Waals surface area contributed by atoms with Crippen LogP contribution < -0.4 is 26.8 Å². The zero-order valence-corrected chi connectivity index (χ0v) is 16.5. The van der Waals surface area contributed by atoms with Gasteiger partial charge in [-0.2, -0.15) is 0 Å². The average molecular weight is 405 g/mol. The van der Waals surface area contributed by atoms with Crippen molar-refractivity contribution in [2.45, 2.75) is 26.3 Å². The summed E-state index contributed by atoms with van der Waals surface area (Å²) in [6, 6.07) is 5.00. The van der Waals surface area contributed by atoms with Crippen LogP contribution >= 0.6 is 0 Å². The van der Waals surface area contributed by atoms with Gasteiger partial charge in [0.1, 0.15) is 11.8 Å². The zero-order chi connectivity index (χ0) is 22.0. The minimum absolute atomic E-state index is 0.0922. The number of ether oxygens (including phenoxy) is 1. The number of benzene rings is 1. The predicted octanol–water partition coefficient (Wildman–Crippen LogP) is -0.0142. The number of rotatable bonds is 11. The molecule has 0 heterocycles. The lowest BCUT2D eigenvalue weighted by molar-refractivity contribution is -0.141. The molecular weight excluding hydrogens is 378 g/mol. The van der Waals surface area contributed by atoms with Crippen molar-refractivity contribution < 1.29 is 24.2 Å². The summed E-state index contributed by atoms with van der Waals surface area (Å²) in [5.74, 6) is -2.17. The number of carboxylic acids is 1. The van der Waals surface area contributed by atoms with Gasteiger partial charge in [0.25, 0.3) is 11.8 Å². The molecule has 0 saturated heterocycles. The summed E-state index contributed by atoms with van der Waals surface area (Å²) >= 11 is 0. The molecule has 1 atom stereocenters. The lowest BCUT2D eigenvalue weighted by atomic mass is 10.1. The van der Waals surface area contributed by atoms with Gasteiger partial charge >= 0.3 is 5.97 Å². The van der Waals surface area contributed by atoms with E-state index >= 15 is 0 Å².